The number of amides is 1. The van der Waals surface area contributed by atoms with Gasteiger partial charge in [0, 0.05) is 51.0 Å². The fourth-order valence-electron chi connectivity index (χ4n) is 4.79. The third-order valence-electron chi connectivity index (χ3n) is 6.88. The Labute approximate surface area is 186 Å². The highest BCUT2D eigenvalue weighted by Gasteiger charge is 2.38. The number of rotatable bonds is 8. The van der Waals surface area contributed by atoms with Gasteiger partial charge in [0.15, 0.2) is 5.96 Å². The molecule has 2 aromatic rings. The van der Waals surface area contributed by atoms with Gasteiger partial charge in [0.25, 0.3) is 0 Å². The van der Waals surface area contributed by atoms with Gasteiger partial charge < -0.3 is 15.5 Å². The third-order valence-corrected chi connectivity index (χ3v) is 6.88. The Morgan fingerprint density at radius 1 is 1.06 bits per heavy atom. The maximum absolute atomic E-state index is 12.4. The van der Waals surface area contributed by atoms with Crippen LogP contribution in [0.25, 0.3) is 0 Å². The maximum atomic E-state index is 12.4. The van der Waals surface area contributed by atoms with Crippen LogP contribution in [0.3, 0.4) is 0 Å². The summed E-state index contributed by atoms with van der Waals surface area (Å²) >= 11 is 0. The molecule has 0 aromatic heterocycles. The van der Waals surface area contributed by atoms with E-state index in [1.807, 2.05) is 18.0 Å². The number of carbonyl (C=O) groups is 1. The molecule has 2 aliphatic rings. The summed E-state index contributed by atoms with van der Waals surface area (Å²) in [6.45, 7) is 3.28. The molecule has 1 heterocycles. The molecule has 1 aliphatic heterocycles. The number of nitrogens with zero attached hydrogens (tertiary/aromatic N) is 2. The van der Waals surface area contributed by atoms with Crippen molar-refractivity contribution in [2.75, 3.05) is 33.2 Å². The first-order valence-electron chi connectivity index (χ1n) is 11.5. The summed E-state index contributed by atoms with van der Waals surface area (Å²) < 4.78 is 0. The predicted octanol–water partition coefficient (Wildman–Crippen LogP) is 3.36. The van der Waals surface area contributed by atoms with Crippen LogP contribution in [0, 0.1) is 5.92 Å². The summed E-state index contributed by atoms with van der Waals surface area (Å²) in [6.07, 6.45) is 5.25. The number of carbonyl (C=O) groups excluding carboxylic acids is 1. The van der Waals surface area contributed by atoms with Crippen LogP contribution in [0.2, 0.25) is 0 Å². The van der Waals surface area contributed by atoms with Crippen LogP contribution in [0.4, 0.5) is 0 Å². The second-order valence-electron chi connectivity index (χ2n) is 8.95. The molecule has 0 bridgehead atoms. The number of guanidine groups is 1. The highest BCUT2D eigenvalue weighted by Crippen LogP contribution is 2.43. The largest absolute Gasteiger partial charge is 0.356 e. The molecule has 31 heavy (non-hydrogen) atoms. The summed E-state index contributed by atoms with van der Waals surface area (Å²) in [6, 6.07) is 21.2. The number of hydrogen-bond donors (Lipinski definition) is 2. The molecular weight excluding hydrogens is 384 g/mol. The van der Waals surface area contributed by atoms with Gasteiger partial charge in [-0.05, 0) is 30.4 Å². The Balaban J connectivity index is 1.23. The molecule has 0 radical (unpaired) electrons. The molecule has 2 fully saturated rings. The van der Waals surface area contributed by atoms with E-state index in [0.29, 0.717) is 12.3 Å². The quantitative estimate of drug-likeness (QED) is 0.511. The van der Waals surface area contributed by atoms with Crippen LogP contribution in [0.5, 0.6) is 0 Å². The first-order valence-corrected chi connectivity index (χ1v) is 11.5. The zero-order valence-corrected chi connectivity index (χ0v) is 18.5. The highest BCUT2D eigenvalue weighted by atomic mass is 16.2. The van der Waals surface area contributed by atoms with Gasteiger partial charge in [-0.25, -0.2) is 0 Å². The number of hydrogen-bond acceptors (Lipinski definition) is 2. The topological polar surface area (TPSA) is 56.7 Å². The maximum Gasteiger partial charge on any atom is 0.223 e. The van der Waals surface area contributed by atoms with Crippen molar-refractivity contribution in [1.29, 1.82) is 0 Å². The van der Waals surface area contributed by atoms with E-state index in [0.717, 1.165) is 38.6 Å². The number of benzene rings is 2. The van der Waals surface area contributed by atoms with Crippen molar-refractivity contribution < 1.29 is 4.79 Å². The molecule has 2 aromatic carbocycles. The molecule has 5 heteroatoms. The van der Waals surface area contributed by atoms with Crippen LogP contribution in [0.1, 0.15) is 36.8 Å². The Kier molecular flexibility index (Phi) is 6.90. The van der Waals surface area contributed by atoms with Crippen LogP contribution in [-0.2, 0) is 16.6 Å². The van der Waals surface area contributed by atoms with E-state index in [4.69, 9.17) is 0 Å². The summed E-state index contributed by atoms with van der Waals surface area (Å²) in [5.41, 5.74) is 2.92. The second-order valence-corrected chi connectivity index (χ2v) is 8.95. The zero-order valence-electron chi connectivity index (χ0n) is 18.5. The lowest BCUT2D eigenvalue weighted by molar-refractivity contribution is -0.127. The predicted molar refractivity (Wildman–Crippen MR) is 126 cm³/mol. The van der Waals surface area contributed by atoms with Crippen LogP contribution < -0.4 is 10.6 Å². The fraction of sp³-hybridized carbons (Fsp3) is 0.462. The van der Waals surface area contributed by atoms with E-state index in [2.05, 4.69) is 70.2 Å². The summed E-state index contributed by atoms with van der Waals surface area (Å²) in [5.74, 6) is 1.43. The van der Waals surface area contributed by atoms with Crippen LogP contribution in [0.15, 0.2) is 65.7 Å². The van der Waals surface area contributed by atoms with Gasteiger partial charge in [-0.3, -0.25) is 9.79 Å². The van der Waals surface area contributed by atoms with Gasteiger partial charge in [-0.2, -0.15) is 0 Å². The van der Waals surface area contributed by atoms with E-state index < -0.39 is 0 Å². The van der Waals surface area contributed by atoms with Crippen LogP contribution in [-0.4, -0.2) is 50.0 Å². The van der Waals surface area contributed by atoms with Crippen molar-refractivity contribution in [3.8, 4) is 0 Å². The van der Waals surface area contributed by atoms with E-state index in [-0.39, 0.29) is 11.3 Å². The Morgan fingerprint density at radius 2 is 1.77 bits per heavy atom. The van der Waals surface area contributed by atoms with Crippen molar-refractivity contribution >= 4 is 11.9 Å². The van der Waals surface area contributed by atoms with Crippen molar-refractivity contribution in [3.05, 3.63) is 71.8 Å². The lowest BCUT2D eigenvalue weighted by Crippen LogP contribution is -2.49. The fourth-order valence-corrected chi connectivity index (χ4v) is 4.79. The number of aliphatic imine (C=N–C) groups is 1. The second kappa shape index (κ2) is 9.99. The average Bonchev–Trinajstić information content (AvgIpc) is 3.14. The number of nitrogens with one attached hydrogen (secondary N) is 2. The Hall–Kier alpha value is -2.82. The van der Waals surface area contributed by atoms with E-state index in [1.54, 1.807) is 0 Å². The minimum atomic E-state index is 0.219. The van der Waals surface area contributed by atoms with Crippen LogP contribution >= 0.6 is 0 Å². The van der Waals surface area contributed by atoms with Gasteiger partial charge in [0.2, 0.25) is 5.91 Å². The molecule has 0 spiro atoms. The molecule has 1 saturated heterocycles. The van der Waals surface area contributed by atoms with Gasteiger partial charge in [-0.15, -0.1) is 0 Å². The minimum absolute atomic E-state index is 0.219. The molecule has 4 rings (SSSR count). The lowest BCUT2D eigenvalue weighted by Gasteiger charge is -2.43. The van der Waals surface area contributed by atoms with E-state index in [1.165, 1.54) is 30.4 Å². The monoisotopic (exact) mass is 418 g/mol. The minimum Gasteiger partial charge on any atom is -0.356 e. The molecule has 1 saturated carbocycles. The van der Waals surface area contributed by atoms with Crippen molar-refractivity contribution in [3.63, 3.8) is 0 Å². The molecule has 5 nitrogen and oxygen atoms in total. The van der Waals surface area contributed by atoms with E-state index >= 15 is 0 Å². The first-order chi connectivity index (χ1) is 15.2. The highest BCUT2D eigenvalue weighted by molar-refractivity contribution is 5.81. The SMILES string of the molecule is CN=C(NCC1CC(=O)N(CCc2ccccc2)C1)NCC1(c2ccccc2)CCC1. The van der Waals surface area contributed by atoms with Crippen molar-refractivity contribution in [2.24, 2.45) is 10.9 Å². The normalized spacial score (nSPS) is 20.4. The standard InChI is InChI=1S/C26H34N4O/c1-27-25(29-20-26(14-8-15-26)23-11-6-3-7-12-23)28-18-22-17-24(31)30(19-22)16-13-21-9-4-2-5-10-21/h2-7,9-12,22H,8,13-20H2,1H3,(H2,27,28,29). The van der Waals surface area contributed by atoms with Gasteiger partial charge in [0.1, 0.15) is 0 Å². The molecule has 1 aliphatic carbocycles. The first kappa shape index (κ1) is 21.4. The van der Waals surface area contributed by atoms with Gasteiger partial charge in [-0.1, -0.05) is 67.1 Å². The van der Waals surface area contributed by atoms with Gasteiger partial charge >= 0.3 is 0 Å². The Morgan fingerprint density at radius 3 is 2.42 bits per heavy atom. The molecule has 1 unspecified atom stereocenters. The average molecular weight is 419 g/mol. The van der Waals surface area contributed by atoms with E-state index in [9.17, 15) is 4.79 Å². The third kappa shape index (κ3) is 5.27. The zero-order chi connectivity index (χ0) is 21.5. The summed E-state index contributed by atoms with van der Waals surface area (Å²) in [4.78, 5) is 18.9. The molecule has 1 amide bonds. The Bertz CT molecular complexity index is 877. The van der Waals surface area contributed by atoms with Gasteiger partial charge in [0.05, 0.1) is 0 Å². The number of likely N-dealkylation sites (tertiary alicyclic amines) is 1. The molecule has 1 atom stereocenters. The summed E-state index contributed by atoms with van der Waals surface area (Å²) in [5, 5.41) is 7.00. The molecule has 2 N–H and O–H groups in total. The smallest absolute Gasteiger partial charge is 0.223 e. The lowest BCUT2D eigenvalue weighted by atomic mass is 9.64. The molecule has 164 valence electrons. The summed E-state index contributed by atoms with van der Waals surface area (Å²) in [7, 11) is 1.82. The van der Waals surface area contributed by atoms with Crippen molar-refractivity contribution in [2.45, 2.75) is 37.5 Å². The van der Waals surface area contributed by atoms with Crippen molar-refractivity contribution in [1.82, 2.24) is 15.5 Å². The molecular formula is C26H34N4O.